The number of ether oxygens (including phenoxy) is 1. The van der Waals surface area contributed by atoms with E-state index in [2.05, 4.69) is 34.9 Å². The quantitative estimate of drug-likeness (QED) is 0.509. The van der Waals surface area contributed by atoms with Crippen molar-refractivity contribution in [2.45, 2.75) is 47.5 Å². The minimum absolute atomic E-state index is 0.0668. The summed E-state index contributed by atoms with van der Waals surface area (Å²) < 4.78 is 6.05. The molecule has 1 unspecified atom stereocenters. The lowest BCUT2D eigenvalue weighted by Gasteiger charge is -2.29. The highest BCUT2D eigenvalue weighted by atomic mass is 16.5. The highest BCUT2D eigenvalue weighted by Gasteiger charge is 2.23. The molecule has 4 heteroatoms. The molecule has 0 aliphatic heterocycles. The summed E-state index contributed by atoms with van der Waals surface area (Å²) in [6.07, 6.45) is 1.40. The second kappa shape index (κ2) is 7.77. The number of nitrogens with zero attached hydrogens (tertiary/aromatic N) is 1. The summed E-state index contributed by atoms with van der Waals surface area (Å²) in [6, 6.07) is 0. The van der Waals surface area contributed by atoms with Crippen LogP contribution in [0.4, 0.5) is 0 Å². The zero-order valence-corrected chi connectivity index (χ0v) is 14.3. The van der Waals surface area contributed by atoms with Gasteiger partial charge in [-0.05, 0) is 18.8 Å². The molecular formula is C16H32NO3+. The van der Waals surface area contributed by atoms with Gasteiger partial charge in [-0.15, -0.1) is 0 Å². The molecule has 0 saturated carbocycles. The van der Waals surface area contributed by atoms with Crippen molar-refractivity contribution in [2.24, 2.45) is 11.3 Å². The molecule has 0 rings (SSSR count). The molecular weight excluding hydrogens is 254 g/mol. The zero-order valence-electron chi connectivity index (χ0n) is 14.3. The molecule has 0 aromatic heterocycles. The summed E-state index contributed by atoms with van der Waals surface area (Å²) >= 11 is 0. The van der Waals surface area contributed by atoms with Gasteiger partial charge in [-0.1, -0.05) is 27.7 Å². The van der Waals surface area contributed by atoms with Gasteiger partial charge in [0.1, 0.15) is 18.9 Å². The van der Waals surface area contributed by atoms with E-state index in [0.717, 1.165) is 19.5 Å². The first-order valence-corrected chi connectivity index (χ1v) is 7.41. The summed E-state index contributed by atoms with van der Waals surface area (Å²) in [6.45, 7) is 11.8. The van der Waals surface area contributed by atoms with Gasteiger partial charge >= 0.3 is 5.97 Å². The van der Waals surface area contributed by atoms with Gasteiger partial charge in [-0.25, -0.2) is 0 Å². The van der Waals surface area contributed by atoms with E-state index in [9.17, 15) is 9.59 Å². The fourth-order valence-electron chi connectivity index (χ4n) is 2.11. The van der Waals surface area contributed by atoms with Gasteiger partial charge in [0.25, 0.3) is 0 Å². The van der Waals surface area contributed by atoms with Gasteiger partial charge in [0.05, 0.1) is 33.0 Å². The van der Waals surface area contributed by atoms with Crippen LogP contribution in [0, 0.1) is 11.3 Å². The molecule has 0 saturated heterocycles. The maximum Gasteiger partial charge on any atom is 0.308 e. The topological polar surface area (TPSA) is 43.4 Å². The van der Waals surface area contributed by atoms with E-state index in [0.29, 0.717) is 17.5 Å². The molecule has 4 nitrogen and oxygen atoms in total. The Balaban J connectivity index is 4.04. The average molecular weight is 286 g/mol. The maximum atomic E-state index is 11.9. The molecule has 0 radical (unpaired) electrons. The smallest absolute Gasteiger partial charge is 0.308 e. The Labute approximate surface area is 124 Å². The third-order valence-electron chi connectivity index (χ3n) is 3.33. The second-order valence-electron chi connectivity index (χ2n) is 7.67. The van der Waals surface area contributed by atoms with E-state index in [-0.39, 0.29) is 23.1 Å². The number of hydrogen-bond acceptors (Lipinski definition) is 3. The first-order chi connectivity index (χ1) is 8.93. The lowest BCUT2D eigenvalue weighted by Crippen LogP contribution is -2.44. The number of esters is 1. The van der Waals surface area contributed by atoms with Crippen molar-refractivity contribution in [1.82, 2.24) is 0 Å². The van der Waals surface area contributed by atoms with Crippen molar-refractivity contribution in [3.05, 3.63) is 0 Å². The molecule has 0 fully saturated rings. The Morgan fingerprint density at radius 1 is 1.15 bits per heavy atom. The third-order valence-corrected chi connectivity index (χ3v) is 3.33. The van der Waals surface area contributed by atoms with Crippen LogP contribution in [0.3, 0.4) is 0 Å². The zero-order chi connectivity index (χ0) is 16.0. The number of carbonyl (C=O) groups excluding carboxylic acids is 2. The average Bonchev–Trinajstić information content (AvgIpc) is 2.23. The predicted octanol–water partition coefficient (Wildman–Crippen LogP) is 2.66. The number of Topliss-reactive ketones (excluding diaryl/α,β-unsaturated/α-hetero) is 1. The van der Waals surface area contributed by atoms with E-state index < -0.39 is 0 Å². The maximum absolute atomic E-state index is 11.9. The highest BCUT2D eigenvalue weighted by Crippen LogP contribution is 2.24. The molecule has 0 bridgehead atoms. The SMILES string of the molecule is CC(=O)CC[N+](C)(C)CCOC(=O)C(C)CC(C)(C)C. The lowest BCUT2D eigenvalue weighted by atomic mass is 9.85. The molecule has 118 valence electrons. The third kappa shape index (κ3) is 9.96. The normalized spacial score (nSPS) is 13.9. The number of likely N-dealkylation sites (N-methyl/N-ethyl adjacent to an activating group) is 1. The highest BCUT2D eigenvalue weighted by molar-refractivity contribution is 5.75. The van der Waals surface area contributed by atoms with Gasteiger partial charge < -0.3 is 9.22 Å². The summed E-state index contributed by atoms with van der Waals surface area (Å²) in [5.41, 5.74) is 0.134. The molecule has 0 spiro atoms. The first kappa shape index (κ1) is 19.1. The molecule has 0 aliphatic rings. The Kier molecular flexibility index (Phi) is 7.42. The fourth-order valence-corrected chi connectivity index (χ4v) is 2.11. The van der Waals surface area contributed by atoms with Gasteiger partial charge in [0, 0.05) is 0 Å². The number of quaternary nitrogens is 1. The summed E-state index contributed by atoms with van der Waals surface area (Å²) in [5, 5.41) is 0. The number of rotatable bonds is 8. The molecule has 0 aromatic rings. The number of carbonyl (C=O) groups is 2. The van der Waals surface area contributed by atoms with Gasteiger partial charge in [0.2, 0.25) is 0 Å². The van der Waals surface area contributed by atoms with Crippen LogP contribution < -0.4 is 0 Å². The van der Waals surface area contributed by atoms with E-state index in [4.69, 9.17) is 4.74 Å². The Hall–Kier alpha value is -0.900. The fraction of sp³-hybridized carbons (Fsp3) is 0.875. The van der Waals surface area contributed by atoms with Crippen LogP contribution in [0.1, 0.15) is 47.5 Å². The molecule has 0 amide bonds. The van der Waals surface area contributed by atoms with Crippen molar-refractivity contribution in [3.63, 3.8) is 0 Å². The minimum Gasteiger partial charge on any atom is -0.459 e. The molecule has 1 atom stereocenters. The van der Waals surface area contributed by atoms with Gasteiger partial charge in [0.15, 0.2) is 0 Å². The number of hydrogen-bond donors (Lipinski definition) is 0. The largest absolute Gasteiger partial charge is 0.459 e. The summed E-state index contributed by atoms with van der Waals surface area (Å²) in [4.78, 5) is 22.9. The standard InChI is InChI=1S/C16H32NO3/c1-13(12-16(3,4)5)15(19)20-11-10-17(6,7)9-8-14(2)18/h13H,8-12H2,1-7H3/q+1. The first-order valence-electron chi connectivity index (χ1n) is 7.41. The minimum atomic E-state index is -0.119. The second-order valence-corrected chi connectivity index (χ2v) is 7.67. The predicted molar refractivity (Wildman–Crippen MR) is 81.3 cm³/mol. The Morgan fingerprint density at radius 2 is 1.70 bits per heavy atom. The van der Waals surface area contributed by atoms with Crippen LogP contribution in [0.15, 0.2) is 0 Å². The molecule has 0 aliphatic carbocycles. The summed E-state index contributed by atoms with van der Waals surface area (Å²) in [7, 11) is 4.10. The van der Waals surface area contributed by atoms with Crippen LogP contribution in [0.25, 0.3) is 0 Å². The van der Waals surface area contributed by atoms with E-state index in [1.54, 1.807) is 6.92 Å². The van der Waals surface area contributed by atoms with E-state index >= 15 is 0 Å². The molecule has 0 aromatic carbocycles. The van der Waals surface area contributed by atoms with Crippen LogP contribution in [0.5, 0.6) is 0 Å². The van der Waals surface area contributed by atoms with Crippen molar-refractivity contribution in [3.8, 4) is 0 Å². The van der Waals surface area contributed by atoms with Gasteiger partial charge in [-0.3, -0.25) is 9.59 Å². The van der Waals surface area contributed by atoms with Crippen molar-refractivity contribution >= 4 is 11.8 Å². The lowest BCUT2D eigenvalue weighted by molar-refractivity contribution is -0.889. The van der Waals surface area contributed by atoms with E-state index in [1.807, 2.05) is 6.92 Å². The van der Waals surface area contributed by atoms with Crippen molar-refractivity contribution in [2.75, 3.05) is 33.8 Å². The van der Waals surface area contributed by atoms with Gasteiger partial charge in [-0.2, -0.15) is 0 Å². The number of ketones is 1. The van der Waals surface area contributed by atoms with E-state index in [1.165, 1.54) is 0 Å². The van der Waals surface area contributed by atoms with Crippen LogP contribution in [-0.2, 0) is 14.3 Å². The molecule has 0 N–H and O–H groups in total. The van der Waals surface area contributed by atoms with Crippen LogP contribution in [-0.4, -0.2) is 50.0 Å². The van der Waals surface area contributed by atoms with Crippen molar-refractivity contribution < 1.29 is 18.8 Å². The monoisotopic (exact) mass is 286 g/mol. The van der Waals surface area contributed by atoms with Crippen LogP contribution >= 0.6 is 0 Å². The van der Waals surface area contributed by atoms with Crippen molar-refractivity contribution in [1.29, 1.82) is 0 Å². The Morgan fingerprint density at radius 3 is 2.15 bits per heavy atom. The molecule has 0 heterocycles. The molecule has 20 heavy (non-hydrogen) atoms. The van der Waals surface area contributed by atoms with Crippen LogP contribution in [0.2, 0.25) is 0 Å². The summed E-state index contributed by atoms with van der Waals surface area (Å²) in [5.74, 6) is 0.0151. The Bertz CT molecular complexity index is 329.